The molecule has 1 aliphatic carbocycles. The van der Waals surface area contributed by atoms with Gasteiger partial charge < -0.3 is 16.0 Å². The average molecular weight is 482 g/mol. The van der Waals surface area contributed by atoms with Crippen molar-refractivity contribution in [3.05, 3.63) is 101 Å². The molecule has 0 aromatic heterocycles. The SMILES string of the molecule is CCC1=C(C)C1C(=O)Nc1ccc(C(c2ccc(NC(C)=O)cc2)c2ccc(NC(C)=O)cc2)cc1. The summed E-state index contributed by atoms with van der Waals surface area (Å²) in [6, 6.07) is 23.5. The first-order chi connectivity index (χ1) is 17.3. The molecule has 3 aromatic rings. The quantitative estimate of drug-likeness (QED) is 0.269. The molecule has 4 rings (SSSR count). The highest BCUT2D eigenvalue weighted by atomic mass is 16.2. The molecule has 3 amide bonds. The van der Waals surface area contributed by atoms with E-state index in [1.807, 2.05) is 79.7 Å². The van der Waals surface area contributed by atoms with Gasteiger partial charge in [0.25, 0.3) is 0 Å². The predicted molar refractivity (Wildman–Crippen MR) is 144 cm³/mol. The molecule has 1 atom stereocenters. The van der Waals surface area contributed by atoms with Crippen molar-refractivity contribution in [3.63, 3.8) is 0 Å². The van der Waals surface area contributed by atoms with Gasteiger partial charge in [0, 0.05) is 36.8 Å². The number of nitrogens with one attached hydrogen (secondary N) is 3. The highest BCUT2D eigenvalue weighted by Gasteiger charge is 2.37. The standard InChI is InChI=1S/C30H31N3O3/c1-5-27-18(2)28(27)30(36)33-26-16-10-23(11-17-26)29(21-6-12-24(13-7-21)31-19(3)34)22-8-14-25(15-9-22)32-20(4)35/h6-17,28-29H,5H2,1-4H3,(H,31,34)(H,32,35)(H,33,36). The fourth-order valence-electron chi connectivity index (χ4n) is 4.70. The predicted octanol–water partition coefficient (Wildman–Crippen LogP) is 6.08. The number of carbonyl (C=O) groups is 3. The first kappa shape index (κ1) is 24.9. The molecule has 0 bridgehead atoms. The molecule has 1 unspecified atom stereocenters. The molecule has 0 fully saturated rings. The van der Waals surface area contributed by atoms with Gasteiger partial charge in [-0.2, -0.15) is 0 Å². The van der Waals surface area contributed by atoms with Gasteiger partial charge in [-0.05, 0) is 66.4 Å². The van der Waals surface area contributed by atoms with Crippen molar-refractivity contribution >= 4 is 34.8 Å². The van der Waals surface area contributed by atoms with Gasteiger partial charge in [0.05, 0.1) is 5.92 Å². The van der Waals surface area contributed by atoms with Crippen LogP contribution in [0.5, 0.6) is 0 Å². The minimum absolute atomic E-state index is 0.0239. The Morgan fingerprint density at radius 1 is 0.667 bits per heavy atom. The van der Waals surface area contributed by atoms with Crippen LogP contribution in [0.15, 0.2) is 83.9 Å². The van der Waals surface area contributed by atoms with Gasteiger partial charge in [-0.25, -0.2) is 0 Å². The Balaban J connectivity index is 1.60. The molecular weight excluding hydrogens is 450 g/mol. The van der Waals surface area contributed by atoms with Crippen molar-refractivity contribution in [1.29, 1.82) is 0 Å². The van der Waals surface area contributed by atoms with Crippen LogP contribution in [-0.2, 0) is 14.4 Å². The highest BCUT2D eigenvalue weighted by molar-refractivity contribution is 6.00. The molecule has 6 heteroatoms. The van der Waals surface area contributed by atoms with Crippen LogP contribution in [0, 0.1) is 5.92 Å². The number of hydrogen-bond acceptors (Lipinski definition) is 3. The first-order valence-electron chi connectivity index (χ1n) is 12.1. The van der Waals surface area contributed by atoms with Crippen LogP contribution in [0.25, 0.3) is 0 Å². The first-order valence-corrected chi connectivity index (χ1v) is 12.1. The van der Waals surface area contributed by atoms with Crippen LogP contribution in [-0.4, -0.2) is 17.7 Å². The summed E-state index contributed by atoms with van der Waals surface area (Å²) in [6.07, 6.45) is 0.909. The monoisotopic (exact) mass is 481 g/mol. The molecule has 184 valence electrons. The molecule has 0 saturated heterocycles. The van der Waals surface area contributed by atoms with E-state index in [4.69, 9.17) is 0 Å². The minimum atomic E-state index is -0.117. The van der Waals surface area contributed by atoms with E-state index in [1.165, 1.54) is 25.0 Å². The van der Waals surface area contributed by atoms with Gasteiger partial charge in [0.1, 0.15) is 0 Å². The summed E-state index contributed by atoms with van der Waals surface area (Å²) in [6.45, 7) is 7.06. The largest absolute Gasteiger partial charge is 0.326 e. The summed E-state index contributed by atoms with van der Waals surface area (Å²) in [5.41, 5.74) is 7.81. The third-order valence-electron chi connectivity index (χ3n) is 6.49. The third-order valence-corrected chi connectivity index (χ3v) is 6.49. The van der Waals surface area contributed by atoms with Gasteiger partial charge in [-0.15, -0.1) is 0 Å². The molecule has 1 aliphatic rings. The maximum Gasteiger partial charge on any atom is 0.235 e. The number of rotatable bonds is 8. The Morgan fingerprint density at radius 3 is 1.33 bits per heavy atom. The number of anilines is 3. The molecule has 36 heavy (non-hydrogen) atoms. The molecule has 0 spiro atoms. The summed E-state index contributed by atoms with van der Waals surface area (Å²) in [5, 5.41) is 8.64. The summed E-state index contributed by atoms with van der Waals surface area (Å²) in [7, 11) is 0. The second-order valence-electron chi connectivity index (χ2n) is 9.15. The fraction of sp³-hybridized carbons (Fsp3) is 0.233. The van der Waals surface area contributed by atoms with Crippen LogP contribution >= 0.6 is 0 Å². The lowest BCUT2D eigenvalue weighted by molar-refractivity contribution is -0.117. The molecule has 0 aliphatic heterocycles. The van der Waals surface area contributed by atoms with E-state index >= 15 is 0 Å². The summed E-state index contributed by atoms with van der Waals surface area (Å²) < 4.78 is 0. The molecule has 6 nitrogen and oxygen atoms in total. The van der Waals surface area contributed by atoms with Gasteiger partial charge in [0.15, 0.2) is 0 Å². The number of benzene rings is 3. The van der Waals surface area contributed by atoms with E-state index in [0.717, 1.165) is 40.2 Å². The lowest BCUT2D eigenvalue weighted by atomic mass is 9.85. The minimum Gasteiger partial charge on any atom is -0.326 e. The summed E-state index contributed by atoms with van der Waals surface area (Å²) in [5.74, 6) is -0.352. The molecule has 3 aromatic carbocycles. The Kier molecular flexibility index (Phi) is 7.34. The Hall–Kier alpha value is -4.19. The van der Waals surface area contributed by atoms with E-state index in [0.29, 0.717) is 0 Å². The van der Waals surface area contributed by atoms with Crippen LogP contribution in [0.4, 0.5) is 17.1 Å². The summed E-state index contributed by atoms with van der Waals surface area (Å²) in [4.78, 5) is 35.5. The van der Waals surface area contributed by atoms with E-state index in [2.05, 4.69) is 22.9 Å². The van der Waals surface area contributed by atoms with Crippen molar-refractivity contribution < 1.29 is 14.4 Å². The number of amides is 3. The van der Waals surface area contributed by atoms with Crippen LogP contribution in [0.2, 0.25) is 0 Å². The second kappa shape index (κ2) is 10.6. The Bertz CT molecular complexity index is 1250. The average Bonchev–Trinajstić information content (AvgIpc) is 3.51. The van der Waals surface area contributed by atoms with Crippen LogP contribution in [0.1, 0.15) is 56.7 Å². The highest BCUT2D eigenvalue weighted by Crippen LogP contribution is 2.42. The van der Waals surface area contributed by atoms with Crippen LogP contribution in [0.3, 0.4) is 0 Å². The number of hydrogen-bond donors (Lipinski definition) is 3. The van der Waals surface area contributed by atoms with Gasteiger partial charge in [0.2, 0.25) is 17.7 Å². The molecule has 0 heterocycles. The lowest BCUT2D eigenvalue weighted by Crippen LogP contribution is -2.16. The van der Waals surface area contributed by atoms with Gasteiger partial charge in [-0.3, -0.25) is 14.4 Å². The third kappa shape index (κ3) is 5.71. The lowest BCUT2D eigenvalue weighted by Gasteiger charge is -2.20. The fourth-order valence-corrected chi connectivity index (χ4v) is 4.70. The zero-order chi connectivity index (χ0) is 25.8. The van der Waals surface area contributed by atoms with Crippen molar-refractivity contribution in [2.75, 3.05) is 16.0 Å². The molecular formula is C30H31N3O3. The molecule has 0 saturated carbocycles. The normalized spacial score (nSPS) is 14.4. The van der Waals surface area contributed by atoms with Gasteiger partial charge >= 0.3 is 0 Å². The second-order valence-corrected chi connectivity index (χ2v) is 9.15. The van der Waals surface area contributed by atoms with Gasteiger partial charge in [-0.1, -0.05) is 54.5 Å². The number of carbonyl (C=O) groups excluding carboxylic acids is 3. The molecule has 3 N–H and O–H groups in total. The summed E-state index contributed by atoms with van der Waals surface area (Å²) >= 11 is 0. The van der Waals surface area contributed by atoms with Crippen LogP contribution < -0.4 is 16.0 Å². The Labute approximate surface area is 211 Å². The Morgan fingerprint density at radius 2 is 1.03 bits per heavy atom. The molecule has 0 radical (unpaired) electrons. The van der Waals surface area contributed by atoms with Crippen molar-refractivity contribution in [3.8, 4) is 0 Å². The van der Waals surface area contributed by atoms with E-state index in [9.17, 15) is 14.4 Å². The maximum absolute atomic E-state index is 12.6. The van der Waals surface area contributed by atoms with E-state index in [1.54, 1.807) is 0 Å². The van der Waals surface area contributed by atoms with Crippen molar-refractivity contribution in [2.45, 2.75) is 40.0 Å². The van der Waals surface area contributed by atoms with E-state index < -0.39 is 0 Å². The topological polar surface area (TPSA) is 87.3 Å². The smallest absolute Gasteiger partial charge is 0.235 e. The zero-order valence-corrected chi connectivity index (χ0v) is 21.0. The van der Waals surface area contributed by atoms with Crippen molar-refractivity contribution in [2.24, 2.45) is 5.92 Å². The van der Waals surface area contributed by atoms with Crippen molar-refractivity contribution in [1.82, 2.24) is 0 Å². The zero-order valence-electron chi connectivity index (χ0n) is 21.0. The van der Waals surface area contributed by atoms with E-state index in [-0.39, 0.29) is 29.6 Å². The maximum atomic E-state index is 12.6.